The van der Waals surface area contributed by atoms with E-state index in [2.05, 4.69) is 117 Å². The van der Waals surface area contributed by atoms with Crippen LogP contribution in [0.5, 0.6) is 0 Å². The molecule has 0 spiro atoms. The molecule has 0 aromatic heterocycles. The normalized spacial score (nSPS) is 11.6. The molecule has 0 atom stereocenters. The molecule has 0 aliphatic rings. The summed E-state index contributed by atoms with van der Waals surface area (Å²) in [5.74, 6) is 0. The summed E-state index contributed by atoms with van der Waals surface area (Å²) in [5, 5.41) is 2.49. The van der Waals surface area contributed by atoms with E-state index >= 15 is 0 Å². The van der Waals surface area contributed by atoms with Crippen LogP contribution >= 0.6 is 31.9 Å². The van der Waals surface area contributed by atoms with Gasteiger partial charge in [0.05, 0.1) is 0 Å². The lowest BCUT2D eigenvalue weighted by Crippen LogP contribution is -1.79. The summed E-state index contributed by atoms with van der Waals surface area (Å²) < 4.78 is 2.21. The van der Waals surface area contributed by atoms with Crippen molar-refractivity contribution < 1.29 is 0 Å². The Kier molecular flexibility index (Phi) is 5.90. The summed E-state index contributed by atoms with van der Waals surface area (Å²) in [4.78, 5) is 0. The average molecular weight is 490 g/mol. The van der Waals surface area contributed by atoms with E-state index in [1.165, 1.54) is 33.0 Å². The highest BCUT2D eigenvalue weighted by Crippen LogP contribution is 2.23. The van der Waals surface area contributed by atoms with E-state index in [0.717, 1.165) is 8.95 Å². The molecule has 4 aromatic carbocycles. The zero-order valence-corrected chi connectivity index (χ0v) is 18.3. The summed E-state index contributed by atoms with van der Waals surface area (Å²) in [6.45, 7) is 0. The largest absolute Gasteiger partial charge is 0.0616 e. The van der Waals surface area contributed by atoms with Gasteiger partial charge in [-0.3, -0.25) is 0 Å². The molecule has 0 saturated carbocycles. The number of fused-ring (bicyclic) bond motifs is 1. The van der Waals surface area contributed by atoms with Crippen molar-refractivity contribution in [3.8, 4) is 0 Å². The lowest BCUT2D eigenvalue weighted by atomic mass is 10.0. The topological polar surface area (TPSA) is 0 Å². The average Bonchev–Trinajstić information content (AvgIpc) is 2.72. The molecule has 28 heavy (non-hydrogen) atoms. The van der Waals surface area contributed by atoms with Crippen molar-refractivity contribution >= 4 is 66.9 Å². The number of hydrogen-bond donors (Lipinski definition) is 0. The van der Waals surface area contributed by atoms with Gasteiger partial charge in [-0.05, 0) is 57.3 Å². The molecular formula is C26H18Br2. The Morgan fingerprint density at radius 2 is 0.893 bits per heavy atom. The van der Waals surface area contributed by atoms with Gasteiger partial charge in [-0.2, -0.15) is 0 Å². The minimum Gasteiger partial charge on any atom is -0.0616 e. The molecule has 0 aliphatic carbocycles. The standard InChI is InChI=1S/C26H18Br2/c27-25-7-3-1-5-21(25)13-9-19-11-15-24-18-20(12-16-23(24)17-19)10-14-22-6-2-4-8-26(22)28/h1-18H. The van der Waals surface area contributed by atoms with Gasteiger partial charge in [-0.1, -0.05) is 117 Å². The highest BCUT2D eigenvalue weighted by molar-refractivity contribution is 9.10. The highest BCUT2D eigenvalue weighted by Gasteiger charge is 1.98. The fourth-order valence-electron chi connectivity index (χ4n) is 3.08. The first-order valence-electron chi connectivity index (χ1n) is 9.08. The molecule has 2 heteroatoms. The van der Waals surface area contributed by atoms with E-state index in [1.54, 1.807) is 0 Å². The van der Waals surface area contributed by atoms with Gasteiger partial charge in [0, 0.05) is 8.95 Å². The van der Waals surface area contributed by atoms with Crippen LogP contribution in [0.4, 0.5) is 0 Å². The van der Waals surface area contributed by atoms with Crippen LogP contribution < -0.4 is 0 Å². The van der Waals surface area contributed by atoms with Crippen LogP contribution in [0.2, 0.25) is 0 Å². The summed E-state index contributed by atoms with van der Waals surface area (Å²) in [6, 6.07) is 29.6. The fraction of sp³-hybridized carbons (Fsp3) is 0. The van der Waals surface area contributed by atoms with Crippen molar-refractivity contribution in [3.63, 3.8) is 0 Å². The van der Waals surface area contributed by atoms with Crippen LogP contribution in [-0.2, 0) is 0 Å². The van der Waals surface area contributed by atoms with Crippen molar-refractivity contribution in [1.29, 1.82) is 0 Å². The van der Waals surface area contributed by atoms with E-state index in [0.29, 0.717) is 0 Å². The van der Waals surface area contributed by atoms with Gasteiger partial charge in [0.1, 0.15) is 0 Å². The molecule has 136 valence electrons. The number of rotatable bonds is 4. The van der Waals surface area contributed by atoms with Crippen LogP contribution in [0.1, 0.15) is 22.3 Å². The Hall–Kier alpha value is -2.42. The van der Waals surface area contributed by atoms with Gasteiger partial charge in [-0.25, -0.2) is 0 Å². The zero-order chi connectivity index (χ0) is 19.3. The summed E-state index contributed by atoms with van der Waals surface area (Å²) in [6.07, 6.45) is 8.58. The molecule has 4 aromatic rings. The molecular weight excluding hydrogens is 472 g/mol. The van der Waals surface area contributed by atoms with E-state index < -0.39 is 0 Å². The molecule has 0 nitrogen and oxygen atoms in total. The Bertz CT molecular complexity index is 1090. The van der Waals surface area contributed by atoms with E-state index in [4.69, 9.17) is 0 Å². The predicted octanol–water partition coefficient (Wildman–Crippen LogP) is 8.71. The maximum absolute atomic E-state index is 3.59. The van der Waals surface area contributed by atoms with E-state index in [9.17, 15) is 0 Å². The van der Waals surface area contributed by atoms with Crippen molar-refractivity contribution in [2.75, 3.05) is 0 Å². The Labute approximate surface area is 182 Å². The number of halogens is 2. The van der Waals surface area contributed by atoms with E-state index in [1.807, 2.05) is 24.3 Å². The molecule has 0 N–H and O–H groups in total. The second-order valence-corrected chi connectivity index (χ2v) is 8.28. The third-order valence-corrected chi connectivity index (χ3v) is 6.05. The molecule has 0 aliphatic heterocycles. The number of hydrogen-bond acceptors (Lipinski definition) is 0. The second-order valence-electron chi connectivity index (χ2n) is 6.58. The maximum Gasteiger partial charge on any atom is 0.0247 e. The van der Waals surface area contributed by atoms with Gasteiger partial charge < -0.3 is 0 Å². The molecule has 4 rings (SSSR count). The Morgan fingerprint density at radius 3 is 1.32 bits per heavy atom. The van der Waals surface area contributed by atoms with Gasteiger partial charge >= 0.3 is 0 Å². The minimum absolute atomic E-state index is 1.11. The van der Waals surface area contributed by atoms with E-state index in [-0.39, 0.29) is 0 Å². The first kappa shape index (κ1) is 18.9. The molecule has 0 bridgehead atoms. The summed E-state index contributed by atoms with van der Waals surface area (Å²) in [5.41, 5.74) is 4.74. The molecule has 0 heterocycles. The SMILES string of the molecule is Brc1ccccc1C=Cc1ccc2cc(C=Cc3ccccc3Br)ccc2c1. The number of benzene rings is 4. The van der Waals surface area contributed by atoms with Gasteiger partial charge in [0.25, 0.3) is 0 Å². The third-order valence-electron chi connectivity index (χ3n) is 4.61. The lowest BCUT2D eigenvalue weighted by molar-refractivity contribution is 1.60. The van der Waals surface area contributed by atoms with Crippen molar-refractivity contribution in [2.24, 2.45) is 0 Å². The maximum atomic E-state index is 3.59. The predicted molar refractivity (Wildman–Crippen MR) is 130 cm³/mol. The first-order valence-corrected chi connectivity index (χ1v) is 10.7. The molecule has 0 fully saturated rings. The highest BCUT2D eigenvalue weighted by atomic mass is 79.9. The van der Waals surface area contributed by atoms with Crippen molar-refractivity contribution in [1.82, 2.24) is 0 Å². The molecule has 0 unspecified atom stereocenters. The van der Waals surface area contributed by atoms with Crippen molar-refractivity contribution in [2.45, 2.75) is 0 Å². The Morgan fingerprint density at radius 1 is 0.464 bits per heavy atom. The molecule has 0 radical (unpaired) electrons. The summed E-state index contributed by atoms with van der Waals surface area (Å²) >= 11 is 7.19. The second kappa shape index (κ2) is 8.72. The lowest BCUT2D eigenvalue weighted by Gasteiger charge is -2.03. The van der Waals surface area contributed by atoms with Crippen LogP contribution in [0, 0.1) is 0 Å². The minimum atomic E-state index is 1.11. The quantitative estimate of drug-likeness (QED) is 0.251. The van der Waals surface area contributed by atoms with Crippen LogP contribution in [-0.4, -0.2) is 0 Å². The fourth-order valence-corrected chi connectivity index (χ4v) is 3.92. The smallest absolute Gasteiger partial charge is 0.0247 e. The monoisotopic (exact) mass is 488 g/mol. The zero-order valence-electron chi connectivity index (χ0n) is 15.1. The molecule has 0 saturated heterocycles. The first-order chi connectivity index (χ1) is 13.7. The van der Waals surface area contributed by atoms with Crippen LogP contribution in [0.15, 0.2) is 93.9 Å². The van der Waals surface area contributed by atoms with Gasteiger partial charge in [0.2, 0.25) is 0 Å². The van der Waals surface area contributed by atoms with Crippen LogP contribution in [0.25, 0.3) is 35.1 Å². The Balaban J connectivity index is 1.58. The third kappa shape index (κ3) is 4.52. The van der Waals surface area contributed by atoms with Crippen molar-refractivity contribution in [3.05, 3.63) is 116 Å². The summed E-state index contributed by atoms with van der Waals surface area (Å²) in [7, 11) is 0. The van der Waals surface area contributed by atoms with Crippen LogP contribution in [0.3, 0.4) is 0 Å². The molecule has 0 amide bonds. The van der Waals surface area contributed by atoms with Gasteiger partial charge in [0.15, 0.2) is 0 Å². The van der Waals surface area contributed by atoms with Gasteiger partial charge in [-0.15, -0.1) is 0 Å².